The Kier molecular flexibility index (Phi) is 4.00. The van der Waals surface area contributed by atoms with Crippen molar-refractivity contribution in [3.8, 4) is 11.8 Å². The Labute approximate surface area is 160 Å². The van der Waals surface area contributed by atoms with Gasteiger partial charge in [0.1, 0.15) is 11.6 Å². The number of halogens is 1. The van der Waals surface area contributed by atoms with Crippen molar-refractivity contribution in [1.29, 1.82) is 0 Å². The third-order valence-electron chi connectivity index (χ3n) is 5.15. The summed E-state index contributed by atoms with van der Waals surface area (Å²) < 4.78 is 26.4. The molecular weight excluding hydrogens is 359 g/mol. The van der Waals surface area contributed by atoms with Gasteiger partial charge >= 0.3 is 0 Å². The van der Waals surface area contributed by atoms with Gasteiger partial charge in [-0.1, -0.05) is 17.9 Å². The van der Waals surface area contributed by atoms with Crippen LogP contribution in [-0.2, 0) is 22.4 Å². The van der Waals surface area contributed by atoms with E-state index < -0.39 is 5.79 Å². The molecule has 1 fully saturated rings. The zero-order valence-electron chi connectivity index (χ0n) is 15.1. The predicted molar refractivity (Wildman–Crippen MR) is 101 cm³/mol. The number of benzene rings is 2. The highest BCUT2D eigenvalue weighted by atomic mass is 19.1. The van der Waals surface area contributed by atoms with Crippen molar-refractivity contribution in [2.45, 2.75) is 25.2 Å². The second-order valence-corrected chi connectivity index (χ2v) is 7.02. The average molecular weight is 376 g/mol. The molecule has 0 radical (unpaired) electrons. The van der Waals surface area contributed by atoms with E-state index in [1.165, 1.54) is 12.1 Å². The molecule has 28 heavy (non-hydrogen) atoms. The van der Waals surface area contributed by atoms with Crippen molar-refractivity contribution in [2.24, 2.45) is 0 Å². The standard InChI is InChI=1S/C22H17FN2O3/c23-17-3-1-2-15(12-17)4-5-16-6-7-18-19(13-16)24-20-8-9-22(27-10-11-28-22)14-25(20)21(18)26/h1-3,6-7,12-13H,8-11,14H2. The molecule has 0 amide bonds. The molecule has 2 aromatic carbocycles. The Morgan fingerprint density at radius 2 is 1.86 bits per heavy atom. The number of hydrogen-bond donors (Lipinski definition) is 0. The summed E-state index contributed by atoms with van der Waals surface area (Å²) in [6.07, 6.45) is 1.30. The van der Waals surface area contributed by atoms with Crippen LogP contribution in [0.4, 0.5) is 4.39 Å². The summed E-state index contributed by atoms with van der Waals surface area (Å²) in [5.74, 6) is 5.68. The summed E-state index contributed by atoms with van der Waals surface area (Å²) in [7, 11) is 0. The van der Waals surface area contributed by atoms with Crippen molar-refractivity contribution in [3.63, 3.8) is 0 Å². The topological polar surface area (TPSA) is 53.4 Å². The fraction of sp³-hybridized carbons (Fsp3) is 0.273. The fourth-order valence-electron chi connectivity index (χ4n) is 3.76. The highest BCUT2D eigenvalue weighted by Gasteiger charge is 2.41. The lowest BCUT2D eigenvalue weighted by Gasteiger charge is -2.33. The van der Waals surface area contributed by atoms with E-state index in [-0.39, 0.29) is 11.4 Å². The Morgan fingerprint density at radius 1 is 1.07 bits per heavy atom. The number of ether oxygens (including phenoxy) is 2. The van der Waals surface area contributed by atoms with E-state index in [1.807, 2.05) is 0 Å². The molecule has 5 nitrogen and oxygen atoms in total. The molecule has 140 valence electrons. The number of hydrogen-bond acceptors (Lipinski definition) is 4. The second-order valence-electron chi connectivity index (χ2n) is 7.02. The lowest BCUT2D eigenvalue weighted by atomic mass is 10.0. The summed E-state index contributed by atoms with van der Waals surface area (Å²) in [4.78, 5) is 17.7. The molecule has 2 aliphatic rings. The van der Waals surface area contributed by atoms with Gasteiger partial charge in [-0.2, -0.15) is 0 Å². The number of nitrogens with zero attached hydrogens (tertiary/aromatic N) is 2. The molecule has 0 atom stereocenters. The molecule has 0 N–H and O–H groups in total. The first-order valence-corrected chi connectivity index (χ1v) is 9.21. The van der Waals surface area contributed by atoms with E-state index in [9.17, 15) is 9.18 Å². The SMILES string of the molecule is O=c1c2ccc(C#Cc3cccc(F)c3)cc2nc2n1CC1(CC2)OCCO1. The molecule has 5 rings (SSSR count). The van der Waals surface area contributed by atoms with Crippen LogP contribution in [0.3, 0.4) is 0 Å². The zero-order valence-corrected chi connectivity index (χ0v) is 15.1. The van der Waals surface area contributed by atoms with Crippen molar-refractivity contribution in [2.75, 3.05) is 13.2 Å². The number of aryl methyl sites for hydroxylation is 1. The van der Waals surface area contributed by atoms with Gasteiger partial charge < -0.3 is 9.47 Å². The number of fused-ring (bicyclic) bond motifs is 2. The minimum absolute atomic E-state index is 0.0946. The van der Waals surface area contributed by atoms with E-state index in [4.69, 9.17) is 9.47 Å². The lowest BCUT2D eigenvalue weighted by molar-refractivity contribution is -0.178. The second kappa shape index (κ2) is 6.55. The molecule has 3 aromatic rings. The van der Waals surface area contributed by atoms with Gasteiger partial charge in [0.2, 0.25) is 0 Å². The summed E-state index contributed by atoms with van der Waals surface area (Å²) in [5, 5.41) is 0.537. The van der Waals surface area contributed by atoms with Gasteiger partial charge in [-0.25, -0.2) is 9.37 Å². The third-order valence-corrected chi connectivity index (χ3v) is 5.15. The Balaban J connectivity index is 1.53. The molecule has 0 bridgehead atoms. The number of rotatable bonds is 0. The Hall–Kier alpha value is -3.01. The van der Waals surface area contributed by atoms with Crippen molar-refractivity contribution in [1.82, 2.24) is 9.55 Å². The van der Waals surface area contributed by atoms with Crippen LogP contribution in [0.25, 0.3) is 10.9 Å². The molecule has 0 saturated carbocycles. The van der Waals surface area contributed by atoms with E-state index in [0.717, 1.165) is 11.4 Å². The molecule has 1 spiro atoms. The van der Waals surface area contributed by atoms with E-state index in [1.54, 1.807) is 34.9 Å². The average Bonchev–Trinajstić information content (AvgIpc) is 3.15. The van der Waals surface area contributed by atoms with Gasteiger partial charge in [-0.05, 0) is 36.4 Å². The van der Waals surface area contributed by atoms with Crippen molar-refractivity contribution < 1.29 is 13.9 Å². The quantitative estimate of drug-likeness (QED) is 0.566. The summed E-state index contributed by atoms with van der Waals surface area (Å²) in [6, 6.07) is 11.5. The van der Waals surface area contributed by atoms with Gasteiger partial charge in [0.15, 0.2) is 5.79 Å². The van der Waals surface area contributed by atoms with Gasteiger partial charge in [-0.3, -0.25) is 9.36 Å². The normalized spacial score (nSPS) is 17.3. The highest BCUT2D eigenvalue weighted by molar-refractivity contribution is 5.79. The maximum Gasteiger partial charge on any atom is 0.261 e. The van der Waals surface area contributed by atoms with E-state index in [0.29, 0.717) is 49.1 Å². The summed E-state index contributed by atoms with van der Waals surface area (Å²) in [5.41, 5.74) is 1.85. The first-order valence-electron chi connectivity index (χ1n) is 9.21. The van der Waals surface area contributed by atoms with Crippen LogP contribution in [0.15, 0.2) is 47.3 Å². The van der Waals surface area contributed by atoms with Crippen LogP contribution in [0.5, 0.6) is 0 Å². The molecule has 3 heterocycles. The first kappa shape index (κ1) is 17.1. The molecular formula is C22H17FN2O3. The largest absolute Gasteiger partial charge is 0.346 e. The fourth-order valence-corrected chi connectivity index (χ4v) is 3.76. The summed E-state index contributed by atoms with van der Waals surface area (Å²) >= 11 is 0. The van der Waals surface area contributed by atoms with Crippen molar-refractivity contribution in [3.05, 3.63) is 75.6 Å². The first-order chi connectivity index (χ1) is 13.6. The zero-order chi connectivity index (χ0) is 19.1. The lowest BCUT2D eigenvalue weighted by Crippen LogP contribution is -2.45. The minimum atomic E-state index is -0.692. The van der Waals surface area contributed by atoms with Crippen LogP contribution in [-0.4, -0.2) is 28.6 Å². The molecule has 6 heteroatoms. The predicted octanol–water partition coefficient (Wildman–Crippen LogP) is 2.62. The Morgan fingerprint density at radius 3 is 2.64 bits per heavy atom. The monoisotopic (exact) mass is 376 g/mol. The van der Waals surface area contributed by atoms with Crippen LogP contribution >= 0.6 is 0 Å². The Bertz CT molecular complexity index is 1200. The van der Waals surface area contributed by atoms with Crippen LogP contribution in [0.2, 0.25) is 0 Å². The highest BCUT2D eigenvalue weighted by Crippen LogP contribution is 2.31. The van der Waals surface area contributed by atoms with Gasteiger partial charge in [-0.15, -0.1) is 0 Å². The molecule has 0 unspecified atom stereocenters. The van der Waals surface area contributed by atoms with E-state index >= 15 is 0 Å². The van der Waals surface area contributed by atoms with E-state index in [2.05, 4.69) is 16.8 Å². The number of aromatic nitrogens is 2. The van der Waals surface area contributed by atoms with Gasteiger partial charge in [0.25, 0.3) is 5.56 Å². The van der Waals surface area contributed by atoms with Crippen LogP contribution in [0, 0.1) is 17.7 Å². The minimum Gasteiger partial charge on any atom is -0.346 e. The molecule has 1 aromatic heterocycles. The molecule has 2 aliphatic heterocycles. The van der Waals surface area contributed by atoms with Gasteiger partial charge in [0, 0.05) is 24.0 Å². The summed E-state index contributed by atoms with van der Waals surface area (Å²) in [6.45, 7) is 1.47. The van der Waals surface area contributed by atoms with Crippen LogP contribution < -0.4 is 5.56 Å². The smallest absolute Gasteiger partial charge is 0.261 e. The maximum atomic E-state index is 13.3. The molecule has 0 aliphatic carbocycles. The molecule has 1 saturated heterocycles. The van der Waals surface area contributed by atoms with Gasteiger partial charge in [0.05, 0.1) is 30.7 Å². The third kappa shape index (κ3) is 2.99. The van der Waals surface area contributed by atoms with Crippen LogP contribution in [0.1, 0.15) is 23.4 Å². The maximum absolute atomic E-state index is 13.3. The van der Waals surface area contributed by atoms with Crippen molar-refractivity contribution >= 4 is 10.9 Å².